The Labute approximate surface area is 201 Å². The highest BCUT2D eigenvalue weighted by molar-refractivity contribution is 7.85. The van der Waals surface area contributed by atoms with Crippen LogP contribution in [-0.2, 0) is 20.6 Å². The fourth-order valence-electron chi connectivity index (χ4n) is 3.72. The minimum absolute atomic E-state index is 0.0586. The molecular formula is C22H13Cl2F4NO4S. The molecule has 34 heavy (non-hydrogen) atoms. The smallest absolute Gasteiger partial charge is 0.374 e. The number of halogens is 6. The number of nitrogens with zero attached hydrogens (tertiary/aromatic N) is 1. The summed E-state index contributed by atoms with van der Waals surface area (Å²) in [5, 5.41) is 3.50. The van der Waals surface area contributed by atoms with Gasteiger partial charge < -0.3 is 4.84 Å². The Bertz CT molecular complexity index is 1390. The number of rotatable bonds is 4. The molecule has 0 spiro atoms. The van der Waals surface area contributed by atoms with E-state index in [1.54, 1.807) is 6.07 Å². The van der Waals surface area contributed by atoms with Crippen molar-refractivity contribution in [3.63, 3.8) is 0 Å². The van der Waals surface area contributed by atoms with Crippen molar-refractivity contribution in [2.75, 3.05) is 0 Å². The van der Waals surface area contributed by atoms with Gasteiger partial charge in [0.15, 0.2) is 5.82 Å². The molecule has 0 aromatic heterocycles. The van der Waals surface area contributed by atoms with Gasteiger partial charge in [0.2, 0.25) is 0 Å². The Kier molecular flexibility index (Phi) is 6.14. The van der Waals surface area contributed by atoms with Gasteiger partial charge in [0.05, 0.1) is 5.71 Å². The first-order valence-corrected chi connectivity index (χ1v) is 11.7. The van der Waals surface area contributed by atoms with Crippen LogP contribution in [0.4, 0.5) is 17.6 Å². The second-order valence-corrected chi connectivity index (χ2v) is 9.69. The molecule has 0 amide bonds. The van der Waals surface area contributed by atoms with Crippen LogP contribution in [0.2, 0.25) is 10.0 Å². The molecular weight excluding hydrogens is 521 g/mol. The summed E-state index contributed by atoms with van der Waals surface area (Å²) in [7, 11) is -4.96. The van der Waals surface area contributed by atoms with Crippen LogP contribution in [0.25, 0.3) is 11.1 Å². The molecule has 1 aliphatic rings. The molecule has 0 fully saturated rings. The molecule has 1 heterocycles. The third-order valence-corrected chi connectivity index (χ3v) is 6.58. The lowest BCUT2D eigenvalue weighted by Crippen LogP contribution is -2.42. The van der Waals surface area contributed by atoms with Gasteiger partial charge in [-0.1, -0.05) is 64.8 Å². The quantitative estimate of drug-likeness (QED) is 0.301. The van der Waals surface area contributed by atoms with E-state index in [0.717, 1.165) is 24.3 Å². The number of alkyl halides is 3. The highest BCUT2D eigenvalue weighted by Gasteiger charge is 2.62. The molecule has 0 saturated carbocycles. The van der Waals surface area contributed by atoms with Gasteiger partial charge in [-0.15, -0.1) is 0 Å². The monoisotopic (exact) mass is 533 g/mol. The molecule has 0 saturated heterocycles. The summed E-state index contributed by atoms with van der Waals surface area (Å²) in [6.07, 6.45) is -5.86. The summed E-state index contributed by atoms with van der Waals surface area (Å²) in [5.74, 6) is -1.34. The van der Waals surface area contributed by atoms with Gasteiger partial charge in [0, 0.05) is 33.2 Å². The number of oxime groups is 1. The van der Waals surface area contributed by atoms with Gasteiger partial charge >= 0.3 is 6.18 Å². The van der Waals surface area contributed by atoms with Gasteiger partial charge in [0.1, 0.15) is 4.90 Å². The summed E-state index contributed by atoms with van der Waals surface area (Å²) in [6.45, 7) is 0. The van der Waals surface area contributed by atoms with Crippen molar-refractivity contribution in [1.82, 2.24) is 0 Å². The van der Waals surface area contributed by atoms with E-state index in [9.17, 15) is 26.1 Å². The van der Waals surface area contributed by atoms with Crippen molar-refractivity contribution < 1.29 is 35.4 Å². The maximum absolute atomic E-state index is 15.3. The minimum Gasteiger partial charge on any atom is -0.374 e. The number of hydrogen-bond acceptors (Lipinski definition) is 4. The second-order valence-electron chi connectivity index (χ2n) is 7.43. The zero-order valence-corrected chi connectivity index (χ0v) is 19.1. The van der Waals surface area contributed by atoms with Crippen molar-refractivity contribution in [1.29, 1.82) is 0 Å². The molecule has 1 aliphatic heterocycles. The average molecular weight is 534 g/mol. The Morgan fingerprint density at radius 3 is 2.18 bits per heavy atom. The minimum atomic E-state index is -4.98. The Morgan fingerprint density at radius 2 is 1.62 bits per heavy atom. The van der Waals surface area contributed by atoms with E-state index < -0.39 is 44.6 Å². The van der Waals surface area contributed by atoms with E-state index in [1.807, 2.05) is 0 Å². The van der Waals surface area contributed by atoms with Crippen molar-refractivity contribution in [2.24, 2.45) is 5.16 Å². The topological polar surface area (TPSA) is 76.0 Å². The normalized spacial score (nSPS) is 18.5. The van der Waals surface area contributed by atoms with Gasteiger partial charge in [-0.2, -0.15) is 21.6 Å². The van der Waals surface area contributed by atoms with Gasteiger partial charge in [-0.05, 0) is 29.8 Å². The molecule has 0 radical (unpaired) electrons. The fourth-order valence-corrected chi connectivity index (χ4v) is 4.81. The largest absolute Gasteiger partial charge is 0.435 e. The van der Waals surface area contributed by atoms with Crippen LogP contribution in [-0.4, -0.2) is 24.9 Å². The lowest BCUT2D eigenvalue weighted by Gasteiger charge is -2.29. The van der Waals surface area contributed by atoms with Crippen LogP contribution in [0.1, 0.15) is 17.5 Å². The Balaban J connectivity index is 1.90. The number of hydrogen-bond donors (Lipinski definition) is 1. The van der Waals surface area contributed by atoms with Crippen LogP contribution >= 0.6 is 23.2 Å². The molecule has 5 nitrogen and oxygen atoms in total. The molecule has 0 bridgehead atoms. The summed E-state index contributed by atoms with van der Waals surface area (Å²) in [6, 6.07) is 12.7. The first kappa shape index (κ1) is 24.5. The predicted molar refractivity (Wildman–Crippen MR) is 118 cm³/mol. The third-order valence-electron chi connectivity index (χ3n) is 5.27. The van der Waals surface area contributed by atoms with Crippen LogP contribution in [0.15, 0.2) is 70.7 Å². The van der Waals surface area contributed by atoms with E-state index in [1.165, 1.54) is 30.3 Å². The summed E-state index contributed by atoms with van der Waals surface area (Å²) < 4.78 is 90.9. The Morgan fingerprint density at radius 1 is 1.00 bits per heavy atom. The SMILES string of the molecule is O=S(=O)(O)c1ccc(C2=NOC(c3cc(Cl)cc(Cl)c3)(C(F)(F)F)C2)c(-c2ccccc2)c1F. The molecule has 0 aliphatic carbocycles. The van der Waals surface area contributed by atoms with Crippen molar-refractivity contribution >= 4 is 39.0 Å². The van der Waals surface area contributed by atoms with Gasteiger partial charge in [-0.3, -0.25) is 4.55 Å². The molecule has 178 valence electrons. The van der Waals surface area contributed by atoms with E-state index in [2.05, 4.69) is 5.16 Å². The van der Waals surface area contributed by atoms with Crippen molar-refractivity contribution in [3.05, 3.63) is 87.7 Å². The third kappa shape index (κ3) is 4.26. The van der Waals surface area contributed by atoms with Crippen LogP contribution in [0.3, 0.4) is 0 Å². The van der Waals surface area contributed by atoms with E-state index in [-0.39, 0.29) is 32.4 Å². The van der Waals surface area contributed by atoms with Crippen LogP contribution < -0.4 is 0 Å². The van der Waals surface area contributed by atoms with Crippen LogP contribution in [0.5, 0.6) is 0 Å². The van der Waals surface area contributed by atoms with Crippen LogP contribution in [0, 0.1) is 5.82 Å². The zero-order valence-electron chi connectivity index (χ0n) is 16.8. The molecule has 3 aromatic carbocycles. The lowest BCUT2D eigenvalue weighted by atomic mass is 9.85. The molecule has 1 atom stereocenters. The van der Waals surface area contributed by atoms with Gasteiger partial charge in [0.25, 0.3) is 15.7 Å². The first-order chi connectivity index (χ1) is 15.8. The predicted octanol–water partition coefficient (Wildman–Crippen LogP) is 6.63. The highest BCUT2D eigenvalue weighted by atomic mass is 35.5. The molecule has 1 N–H and O–H groups in total. The van der Waals surface area contributed by atoms with Crippen molar-refractivity contribution in [2.45, 2.75) is 23.1 Å². The Hall–Kier alpha value is -2.66. The molecule has 3 aromatic rings. The van der Waals surface area contributed by atoms with E-state index >= 15 is 4.39 Å². The molecule has 1 unspecified atom stereocenters. The average Bonchev–Trinajstić information content (AvgIpc) is 3.19. The molecule has 12 heteroatoms. The summed E-state index contributed by atoms with van der Waals surface area (Å²) in [4.78, 5) is 3.92. The zero-order chi connectivity index (χ0) is 24.9. The summed E-state index contributed by atoms with van der Waals surface area (Å²) in [5.41, 5.74) is -4.03. The fraction of sp³-hybridized carbons (Fsp3) is 0.136. The number of benzene rings is 3. The standard InChI is InChI=1S/C22H13Cl2F4NO4S/c23-14-8-13(9-15(24)10-14)21(22(26,27)28)11-17(29-33-21)16-6-7-18(34(30,31)32)20(25)19(16)12-4-2-1-3-5-12/h1-10H,11H2,(H,30,31,32). The second kappa shape index (κ2) is 8.53. The highest BCUT2D eigenvalue weighted by Crippen LogP contribution is 2.50. The van der Waals surface area contributed by atoms with Gasteiger partial charge in [-0.25, -0.2) is 4.39 Å². The maximum Gasteiger partial charge on any atom is 0.435 e. The maximum atomic E-state index is 15.3. The molecule has 4 rings (SSSR count). The first-order valence-electron chi connectivity index (χ1n) is 9.47. The summed E-state index contributed by atoms with van der Waals surface area (Å²) >= 11 is 11.8. The van der Waals surface area contributed by atoms with Crippen molar-refractivity contribution in [3.8, 4) is 11.1 Å². The van der Waals surface area contributed by atoms with E-state index in [0.29, 0.717) is 0 Å². The van der Waals surface area contributed by atoms with E-state index in [4.69, 9.17) is 28.0 Å². The lowest BCUT2D eigenvalue weighted by molar-refractivity contribution is -0.275.